The summed E-state index contributed by atoms with van der Waals surface area (Å²) < 4.78 is 11.0. The molecule has 1 amide bonds. The number of benzene rings is 2. The predicted molar refractivity (Wildman–Crippen MR) is 113 cm³/mol. The molecule has 0 saturated heterocycles. The fourth-order valence-electron chi connectivity index (χ4n) is 2.33. The molecule has 0 atom stereocenters. The van der Waals surface area contributed by atoms with Crippen molar-refractivity contribution in [1.82, 2.24) is 5.43 Å². The van der Waals surface area contributed by atoms with Crippen LogP contribution in [0.2, 0.25) is 5.02 Å². The van der Waals surface area contributed by atoms with Crippen LogP contribution in [0, 0.1) is 0 Å². The van der Waals surface area contributed by atoms with E-state index in [1.54, 1.807) is 60.0 Å². The molecule has 8 heteroatoms. The highest BCUT2D eigenvalue weighted by Gasteiger charge is 2.14. The molecule has 0 saturated carbocycles. The van der Waals surface area contributed by atoms with Gasteiger partial charge in [0.25, 0.3) is 5.91 Å². The number of nitrogens with one attached hydrogen (secondary N) is 1. The average molecular weight is 429 g/mol. The standard InChI is InChI=1S/C21H17ClN2O4S/c1-2-27-18-12-14(5-10-17(18)28-21(26)19-4-3-11-29-19)13-23-24-20(25)15-6-8-16(22)9-7-15/h3-13H,2H2,1H3,(H,24,25)/b23-13-. The zero-order valence-electron chi connectivity index (χ0n) is 15.4. The van der Waals surface area contributed by atoms with Gasteiger partial charge in [0.1, 0.15) is 4.88 Å². The van der Waals surface area contributed by atoms with Crippen LogP contribution < -0.4 is 14.9 Å². The molecule has 0 unspecified atom stereocenters. The predicted octanol–water partition coefficient (Wildman–Crippen LogP) is 4.78. The Morgan fingerprint density at radius 3 is 2.62 bits per heavy atom. The topological polar surface area (TPSA) is 77.0 Å². The molecule has 148 valence electrons. The molecule has 3 aromatic rings. The Labute approximate surface area is 176 Å². The average Bonchev–Trinajstić information content (AvgIpc) is 3.25. The minimum absolute atomic E-state index is 0.313. The first-order valence-corrected chi connectivity index (χ1v) is 9.94. The summed E-state index contributed by atoms with van der Waals surface area (Å²) in [5.41, 5.74) is 3.56. The number of nitrogens with zero attached hydrogens (tertiary/aromatic N) is 1. The second kappa shape index (κ2) is 9.86. The molecule has 0 fully saturated rings. The van der Waals surface area contributed by atoms with Crippen LogP contribution in [-0.4, -0.2) is 24.7 Å². The van der Waals surface area contributed by atoms with Crippen LogP contribution in [0.3, 0.4) is 0 Å². The monoisotopic (exact) mass is 428 g/mol. The SMILES string of the molecule is CCOc1cc(/C=N\NC(=O)c2ccc(Cl)cc2)ccc1OC(=O)c1cccs1. The van der Waals surface area contributed by atoms with Gasteiger partial charge in [0.15, 0.2) is 11.5 Å². The summed E-state index contributed by atoms with van der Waals surface area (Å²) in [6.07, 6.45) is 1.47. The van der Waals surface area contributed by atoms with Gasteiger partial charge in [0.2, 0.25) is 0 Å². The zero-order chi connectivity index (χ0) is 20.6. The van der Waals surface area contributed by atoms with Crippen molar-refractivity contribution in [2.45, 2.75) is 6.92 Å². The van der Waals surface area contributed by atoms with Gasteiger partial charge < -0.3 is 9.47 Å². The van der Waals surface area contributed by atoms with Crippen LogP contribution in [-0.2, 0) is 0 Å². The fraction of sp³-hybridized carbons (Fsp3) is 0.0952. The smallest absolute Gasteiger partial charge is 0.353 e. The summed E-state index contributed by atoms with van der Waals surface area (Å²) in [5, 5.41) is 6.31. The maximum Gasteiger partial charge on any atom is 0.353 e. The van der Waals surface area contributed by atoms with Crippen molar-refractivity contribution in [3.05, 3.63) is 81.0 Å². The lowest BCUT2D eigenvalue weighted by Crippen LogP contribution is -2.17. The van der Waals surface area contributed by atoms with Gasteiger partial charge in [0, 0.05) is 10.6 Å². The van der Waals surface area contributed by atoms with Crippen LogP contribution in [0.4, 0.5) is 0 Å². The van der Waals surface area contributed by atoms with Crippen molar-refractivity contribution >= 4 is 41.0 Å². The highest BCUT2D eigenvalue weighted by molar-refractivity contribution is 7.12. The van der Waals surface area contributed by atoms with Gasteiger partial charge >= 0.3 is 5.97 Å². The molecule has 0 aliphatic heterocycles. The summed E-state index contributed by atoms with van der Waals surface area (Å²) in [4.78, 5) is 24.7. The van der Waals surface area contributed by atoms with Gasteiger partial charge in [-0.2, -0.15) is 5.10 Å². The first-order chi connectivity index (χ1) is 14.1. The van der Waals surface area contributed by atoms with Crippen molar-refractivity contribution in [2.24, 2.45) is 5.10 Å². The molecule has 0 spiro atoms. The van der Waals surface area contributed by atoms with E-state index in [1.165, 1.54) is 17.6 Å². The molecule has 1 N–H and O–H groups in total. The molecular formula is C21H17ClN2O4S. The highest BCUT2D eigenvalue weighted by Crippen LogP contribution is 2.29. The van der Waals surface area contributed by atoms with Gasteiger partial charge in [0.05, 0.1) is 12.8 Å². The van der Waals surface area contributed by atoms with Crippen LogP contribution in [0.25, 0.3) is 0 Å². The normalized spacial score (nSPS) is 10.7. The van der Waals surface area contributed by atoms with E-state index in [-0.39, 0.29) is 5.91 Å². The van der Waals surface area contributed by atoms with Gasteiger partial charge in [-0.15, -0.1) is 11.3 Å². The molecule has 0 aliphatic carbocycles. The second-order valence-electron chi connectivity index (χ2n) is 5.71. The summed E-state index contributed by atoms with van der Waals surface area (Å²) in [6.45, 7) is 2.23. The first-order valence-electron chi connectivity index (χ1n) is 8.68. The van der Waals surface area contributed by atoms with E-state index in [0.29, 0.717) is 39.1 Å². The third kappa shape index (κ3) is 5.66. The zero-order valence-corrected chi connectivity index (χ0v) is 17.0. The van der Waals surface area contributed by atoms with Crippen molar-refractivity contribution in [3.8, 4) is 11.5 Å². The molecule has 1 aromatic heterocycles. The number of carbonyl (C=O) groups is 2. The maximum atomic E-state index is 12.2. The number of thiophene rings is 1. The number of hydrogen-bond donors (Lipinski definition) is 1. The lowest BCUT2D eigenvalue weighted by atomic mass is 10.2. The van der Waals surface area contributed by atoms with Crippen molar-refractivity contribution in [2.75, 3.05) is 6.61 Å². The largest absolute Gasteiger partial charge is 0.490 e. The quantitative estimate of drug-likeness (QED) is 0.254. The Balaban J connectivity index is 1.68. The number of carbonyl (C=O) groups excluding carboxylic acids is 2. The number of hydrazone groups is 1. The van der Waals surface area contributed by atoms with E-state index in [4.69, 9.17) is 21.1 Å². The van der Waals surface area contributed by atoms with Crippen molar-refractivity contribution in [3.63, 3.8) is 0 Å². The molecular weight excluding hydrogens is 412 g/mol. The molecule has 3 rings (SSSR count). The third-order valence-electron chi connectivity index (χ3n) is 3.68. The minimum Gasteiger partial charge on any atom is -0.490 e. The van der Waals surface area contributed by atoms with E-state index >= 15 is 0 Å². The third-order valence-corrected chi connectivity index (χ3v) is 4.78. The Bertz CT molecular complexity index is 1020. The van der Waals surface area contributed by atoms with Crippen LogP contribution >= 0.6 is 22.9 Å². The van der Waals surface area contributed by atoms with Crippen LogP contribution in [0.5, 0.6) is 11.5 Å². The minimum atomic E-state index is -0.447. The van der Waals surface area contributed by atoms with E-state index in [2.05, 4.69) is 10.5 Å². The molecule has 2 aromatic carbocycles. The van der Waals surface area contributed by atoms with Crippen LogP contribution in [0.15, 0.2) is 65.1 Å². The Morgan fingerprint density at radius 1 is 1.14 bits per heavy atom. The lowest BCUT2D eigenvalue weighted by molar-refractivity contribution is 0.0733. The van der Waals surface area contributed by atoms with Crippen molar-refractivity contribution < 1.29 is 19.1 Å². The van der Waals surface area contributed by atoms with E-state index in [9.17, 15) is 9.59 Å². The van der Waals surface area contributed by atoms with Gasteiger partial charge in [-0.1, -0.05) is 17.7 Å². The number of amides is 1. The van der Waals surface area contributed by atoms with Gasteiger partial charge in [-0.25, -0.2) is 10.2 Å². The summed E-state index contributed by atoms with van der Waals surface area (Å²) in [5.74, 6) is -0.0833. The lowest BCUT2D eigenvalue weighted by Gasteiger charge is -2.10. The van der Waals surface area contributed by atoms with Gasteiger partial charge in [-0.05, 0) is 66.4 Å². The number of hydrogen-bond acceptors (Lipinski definition) is 6. The number of rotatable bonds is 7. The second-order valence-corrected chi connectivity index (χ2v) is 7.10. The number of halogens is 1. The first kappa shape index (κ1) is 20.6. The molecule has 0 aliphatic rings. The summed E-state index contributed by atoms with van der Waals surface area (Å²) in [7, 11) is 0. The molecule has 0 bridgehead atoms. The highest BCUT2D eigenvalue weighted by atomic mass is 35.5. The molecule has 29 heavy (non-hydrogen) atoms. The Hall–Kier alpha value is -3.16. The number of ether oxygens (including phenoxy) is 2. The fourth-order valence-corrected chi connectivity index (χ4v) is 3.06. The maximum absolute atomic E-state index is 12.2. The Morgan fingerprint density at radius 2 is 1.93 bits per heavy atom. The van der Waals surface area contributed by atoms with E-state index in [1.807, 2.05) is 6.92 Å². The molecule has 6 nitrogen and oxygen atoms in total. The number of esters is 1. The van der Waals surface area contributed by atoms with E-state index < -0.39 is 5.97 Å². The van der Waals surface area contributed by atoms with E-state index in [0.717, 1.165) is 0 Å². The van der Waals surface area contributed by atoms with Crippen molar-refractivity contribution in [1.29, 1.82) is 0 Å². The van der Waals surface area contributed by atoms with Crippen LogP contribution in [0.1, 0.15) is 32.5 Å². The molecule has 0 radical (unpaired) electrons. The molecule has 1 heterocycles. The van der Waals surface area contributed by atoms with Gasteiger partial charge in [-0.3, -0.25) is 4.79 Å². The summed E-state index contributed by atoms with van der Waals surface area (Å²) in [6, 6.07) is 15.0. The summed E-state index contributed by atoms with van der Waals surface area (Å²) >= 11 is 7.11. The Kier molecular flexibility index (Phi) is 6.99.